The molecule has 0 unspecified atom stereocenters. The molecule has 0 bridgehead atoms. The number of benzene rings is 2. The van der Waals surface area contributed by atoms with Crippen molar-refractivity contribution < 1.29 is 4.79 Å². The van der Waals surface area contributed by atoms with Crippen LogP contribution in [0.5, 0.6) is 0 Å². The van der Waals surface area contributed by atoms with E-state index in [4.69, 9.17) is 11.6 Å². The molecule has 3 nitrogen and oxygen atoms in total. The van der Waals surface area contributed by atoms with E-state index >= 15 is 0 Å². The van der Waals surface area contributed by atoms with Gasteiger partial charge in [0.2, 0.25) is 5.91 Å². The first kappa shape index (κ1) is 16.8. The molecule has 0 aliphatic carbocycles. The third-order valence-electron chi connectivity index (χ3n) is 3.44. The molecule has 0 saturated heterocycles. The Hall–Kier alpha value is -3.09. The van der Waals surface area contributed by atoms with Crippen LogP contribution in [0.4, 0.5) is 0 Å². The molecule has 0 fully saturated rings. The van der Waals surface area contributed by atoms with Gasteiger partial charge in [-0.3, -0.25) is 4.79 Å². The van der Waals surface area contributed by atoms with Crippen molar-refractivity contribution in [3.05, 3.63) is 83.0 Å². The number of fused-ring (bicyclic) bond motifs is 1. The summed E-state index contributed by atoms with van der Waals surface area (Å²) in [7, 11) is 0. The highest BCUT2D eigenvalue weighted by molar-refractivity contribution is 6.31. The van der Waals surface area contributed by atoms with E-state index in [2.05, 4.69) is 22.1 Å². The number of carbonyl (C=O) groups is 1. The van der Waals surface area contributed by atoms with Crippen LogP contribution >= 0.6 is 11.6 Å². The minimum absolute atomic E-state index is 0.213. The van der Waals surface area contributed by atoms with Crippen LogP contribution in [0.25, 0.3) is 17.0 Å². The van der Waals surface area contributed by atoms with Crippen molar-refractivity contribution in [1.29, 1.82) is 0 Å². The molecule has 0 saturated carbocycles. The van der Waals surface area contributed by atoms with Crippen LogP contribution < -0.4 is 5.32 Å². The summed E-state index contributed by atoms with van der Waals surface area (Å²) in [4.78, 5) is 16.3. The predicted octanol–water partition coefficient (Wildman–Crippen LogP) is 4.07. The Kier molecular flexibility index (Phi) is 5.46. The van der Waals surface area contributed by atoms with E-state index in [1.165, 1.54) is 6.08 Å². The van der Waals surface area contributed by atoms with Crippen molar-refractivity contribution in [2.24, 2.45) is 0 Å². The molecule has 2 aromatic carbocycles. The van der Waals surface area contributed by atoms with Crippen LogP contribution in [0.15, 0.2) is 66.7 Å². The van der Waals surface area contributed by atoms with Crippen molar-refractivity contribution >= 4 is 34.5 Å². The summed E-state index contributed by atoms with van der Waals surface area (Å²) < 4.78 is 0. The fourth-order valence-corrected chi connectivity index (χ4v) is 2.38. The average molecular weight is 347 g/mol. The Morgan fingerprint density at radius 2 is 1.92 bits per heavy atom. The lowest BCUT2D eigenvalue weighted by molar-refractivity contribution is -0.116. The molecule has 25 heavy (non-hydrogen) atoms. The molecule has 1 N–H and O–H groups in total. The molecule has 0 spiro atoms. The van der Waals surface area contributed by atoms with Gasteiger partial charge >= 0.3 is 0 Å². The molecule has 0 radical (unpaired) electrons. The smallest absolute Gasteiger partial charge is 0.244 e. The van der Waals surface area contributed by atoms with E-state index in [9.17, 15) is 4.79 Å². The highest BCUT2D eigenvalue weighted by Gasteiger charge is 1.98. The highest BCUT2D eigenvalue weighted by atomic mass is 35.5. The Labute approximate surface area is 151 Å². The first-order valence-corrected chi connectivity index (χ1v) is 8.15. The Balaban J connectivity index is 1.58. The number of amides is 1. The van der Waals surface area contributed by atoms with Gasteiger partial charge in [-0.25, -0.2) is 4.98 Å². The highest BCUT2D eigenvalue weighted by Crippen LogP contribution is 2.18. The second-order valence-electron chi connectivity index (χ2n) is 5.29. The zero-order chi connectivity index (χ0) is 17.5. The zero-order valence-electron chi connectivity index (χ0n) is 13.4. The number of nitrogens with zero attached hydrogens (tertiary/aromatic N) is 1. The molecule has 0 aliphatic heterocycles. The van der Waals surface area contributed by atoms with Crippen molar-refractivity contribution in [2.45, 2.75) is 0 Å². The first-order valence-electron chi connectivity index (χ1n) is 7.77. The summed E-state index contributed by atoms with van der Waals surface area (Å²) in [6.45, 7) is 0.291. The van der Waals surface area contributed by atoms with Crippen LogP contribution in [-0.2, 0) is 4.79 Å². The van der Waals surface area contributed by atoms with Gasteiger partial charge in [0, 0.05) is 22.0 Å². The van der Waals surface area contributed by atoms with Gasteiger partial charge < -0.3 is 5.32 Å². The lowest BCUT2D eigenvalue weighted by atomic mass is 10.2. The summed E-state index contributed by atoms with van der Waals surface area (Å²) in [6, 6.07) is 19.0. The zero-order valence-corrected chi connectivity index (χ0v) is 14.1. The maximum Gasteiger partial charge on any atom is 0.244 e. The fraction of sp³-hybridized carbons (Fsp3) is 0.0476. The van der Waals surface area contributed by atoms with Gasteiger partial charge in [0.15, 0.2) is 0 Å². The van der Waals surface area contributed by atoms with Crippen LogP contribution in [0.1, 0.15) is 11.3 Å². The Morgan fingerprint density at radius 3 is 2.76 bits per heavy atom. The number of carbonyl (C=O) groups excluding carboxylic acids is 1. The first-order chi connectivity index (χ1) is 12.2. The van der Waals surface area contributed by atoms with Crippen LogP contribution in [0.2, 0.25) is 5.02 Å². The third-order valence-corrected chi connectivity index (χ3v) is 3.67. The van der Waals surface area contributed by atoms with E-state index in [1.54, 1.807) is 12.1 Å². The average Bonchev–Trinajstić information content (AvgIpc) is 2.64. The molecular formula is C21H15ClN2O. The molecule has 0 atom stereocenters. The maximum absolute atomic E-state index is 11.8. The van der Waals surface area contributed by atoms with E-state index < -0.39 is 0 Å². The molecule has 3 rings (SSSR count). The summed E-state index contributed by atoms with van der Waals surface area (Å²) in [6.07, 6.45) is 3.11. The molecule has 0 aliphatic rings. The molecule has 1 aromatic heterocycles. The second-order valence-corrected chi connectivity index (χ2v) is 5.73. The van der Waals surface area contributed by atoms with Gasteiger partial charge in [-0.15, -0.1) is 0 Å². The minimum atomic E-state index is -0.213. The van der Waals surface area contributed by atoms with Crippen LogP contribution in [0, 0.1) is 11.8 Å². The van der Waals surface area contributed by atoms with E-state index in [-0.39, 0.29) is 5.91 Å². The van der Waals surface area contributed by atoms with Gasteiger partial charge in [0.1, 0.15) is 0 Å². The SMILES string of the molecule is O=C(/C=C/c1ccc2ccc(Cl)cc2n1)NCC#Cc1ccccc1. The van der Waals surface area contributed by atoms with Gasteiger partial charge in [0.05, 0.1) is 17.8 Å². The number of rotatable bonds is 3. The molecule has 4 heteroatoms. The lowest BCUT2D eigenvalue weighted by Crippen LogP contribution is -2.20. The summed E-state index contributed by atoms with van der Waals surface area (Å²) in [5.74, 6) is 5.69. The van der Waals surface area contributed by atoms with Crippen molar-refractivity contribution in [3.8, 4) is 11.8 Å². The van der Waals surface area contributed by atoms with E-state index in [1.807, 2.05) is 54.6 Å². The minimum Gasteiger partial charge on any atom is -0.342 e. The van der Waals surface area contributed by atoms with Gasteiger partial charge in [-0.1, -0.05) is 53.8 Å². The van der Waals surface area contributed by atoms with Gasteiger partial charge in [0.25, 0.3) is 0 Å². The molecule has 1 amide bonds. The van der Waals surface area contributed by atoms with Gasteiger partial charge in [-0.05, 0) is 36.4 Å². The molecular weight excluding hydrogens is 332 g/mol. The number of pyridine rings is 1. The Bertz CT molecular complexity index is 985. The number of aromatic nitrogens is 1. The maximum atomic E-state index is 11.8. The van der Waals surface area contributed by atoms with Crippen LogP contribution in [0.3, 0.4) is 0 Å². The number of hydrogen-bond donors (Lipinski definition) is 1. The standard InChI is InChI=1S/C21H15ClN2O/c22-18-10-8-17-9-11-19(24-20(17)15-18)12-13-21(25)23-14-4-7-16-5-2-1-3-6-16/h1-3,5-6,8-13,15H,14H2,(H,23,25)/b13-12+. The monoisotopic (exact) mass is 346 g/mol. The molecule has 3 aromatic rings. The van der Waals surface area contributed by atoms with E-state index in [0.29, 0.717) is 17.3 Å². The fourth-order valence-electron chi connectivity index (χ4n) is 2.22. The Morgan fingerprint density at radius 1 is 1.12 bits per heavy atom. The summed E-state index contributed by atoms with van der Waals surface area (Å²) in [5, 5.41) is 4.36. The molecule has 1 heterocycles. The largest absolute Gasteiger partial charge is 0.342 e. The molecule has 122 valence electrons. The number of halogens is 1. The third kappa shape index (κ3) is 4.94. The number of nitrogens with one attached hydrogen (secondary N) is 1. The normalized spacial score (nSPS) is 10.4. The van der Waals surface area contributed by atoms with Crippen molar-refractivity contribution in [3.63, 3.8) is 0 Å². The van der Waals surface area contributed by atoms with Crippen molar-refractivity contribution in [1.82, 2.24) is 10.3 Å². The lowest BCUT2D eigenvalue weighted by Gasteiger charge is -2.00. The van der Waals surface area contributed by atoms with Crippen LogP contribution in [-0.4, -0.2) is 17.4 Å². The summed E-state index contributed by atoms with van der Waals surface area (Å²) >= 11 is 5.98. The quantitative estimate of drug-likeness (QED) is 0.574. The van der Waals surface area contributed by atoms with Gasteiger partial charge in [-0.2, -0.15) is 0 Å². The predicted molar refractivity (Wildman–Crippen MR) is 102 cm³/mol. The number of hydrogen-bond acceptors (Lipinski definition) is 2. The van der Waals surface area contributed by atoms with E-state index in [0.717, 1.165) is 16.5 Å². The summed E-state index contributed by atoms with van der Waals surface area (Å²) in [5.41, 5.74) is 2.41. The topological polar surface area (TPSA) is 42.0 Å². The second kappa shape index (κ2) is 8.14. The van der Waals surface area contributed by atoms with Crippen molar-refractivity contribution in [2.75, 3.05) is 6.54 Å².